The number of hydrogen-bond donors (Lipinski definition) is 1. The zero-order chi connectivity index (χ0) is 15.0. The molecular formula is C16H20N4O. The van der Waals surface area contributed by atoms with Crippen LogP contribution in [0.2, 0.25) is 0 Å². The maximum Gasteiger partial charge on any atom is 0.270 e. The van der Waals surface area contributed by atoms with Gasteiger partial charge in [0, 0.05) is 25.0 Å². The first-order chi connectivity index (χ1) is 10.0. The van der Waals surface area contributed by atoms with E-state index in [1.165, 1.54) is 0 Å². The summed E-state index contributed by atoms with van der Waals surface area (Å²) in [6.07, 6.45) is 4.11. The van der Waals surface area contributed by atoms with E-state index in [2.05, 4.69) is 4.98 Å². The van der Waals surface area contributed by atoms with Crippen molar-refractivity contribution < 1.29 is 4.79 Å². The maximum absolute atomic E-state index is 12.6. The molecule has 0 radical (unpaired) electrons. The van der Waals surface area contributed by atoms with Crippen molar-refractivity contribution in [2.45, 2.75) is 32.4 Å². The fraction of sp³-hybridized carbons (Fsp3) is 0.375. The summed E-state index contributed by atoms with van der Waals surface area (Å²) in [5.74, 6) is -0.0121. The highest BCUT2D eigenvalue weighted by Gasteiger charge is 2.28. The van der Waals surface area contributed by atoms with Gasteiger partial charge in [-0.1, -0.05) is 6.07 Å². The van der Waals surface area contributed by atoms with Crippen molar-refractivity contribution >= 4 is 11.6 Å². The highest BCUT2D eigenvalue weighted by atomic mass is 16.2. The first-order valence-electron chi connectivity index (χ1n) is 7.20. The molecule has 1 aliphatic carbocycles. The van der Waals surface area contributed by atoms with Gasteiger partial charge in [0.05, 0.1) is 17.9 Å². The number of amides is 1. The Kier molecular flexibility index (Phi) is 3.41. The summed E-state index contributed by atoms with van der Waals surface area (Å²) in [6, 6.07) is 8.04. The number of nitrogens with zero attached hydrogens (tertiary/aromatic N) is 3. The molecule has 5 heteroatoms. The summed E-state index contributed by atoms with van der Waals surface area (Å²) in [5.41, 5.74) is 9.02. The summed E-state index contributed by atoms with van der Waals surface area (Å²) >= 11 is 0. The van der Waals surface area contributed by atoms with Crippen LogP contribution in [0.5, 0.6) is 0 Å². The van der Waals surface area contributed by atoms with Crippen molar-refractivity contribution in [1.29, 1.82) is 0 Å². The van der Waals surface area contributed by atoms with Crippen LogP contribution < -0.4 is 5.73 Å². The summed E-state index contributed by atoms with van der Waals surface area (Å²) in [6.45, 7) is 2.44. The van der Waals surface area contributed by atoms with Crippen molar-refractivity contribution in [1.82, 2.24) is 14.5 Å². The van der Waals surface area contributed by atoms with Gasteiger partial charge in [0.1, 0.15) is 5.69 Å². The summed E-state index contributed by atoms with van der Waals surface area (Å²) in [4.78, 5) is 18.8. The Morgan fingerprint density at radius 3 is 2.90 bits per heavy atom. The van der Waals surface area contributed by atoms with Crippen molar-refractivity contribution in [3.05, 3.63) is 47.5 Å². The average Bonchev–Trinajstić information content (AvgIpc) is 3.21. The molecule has 1 fully saturated rings. The van der Waals surface area contributed by atoms with E-state index in [-0.39, 0.29) is 5.91 Å². The summed E-state index contributed by atoms with van der Waals surface area (Å²) in [5, 5.41) is 0. The van der Waals surface area contributed by atoms with E-state index < -0.39 is 0 Å². The monoisotopic (exact) mass is 284 g/mol. The predicted molar refractivity (Wildman–Crippen MR) is 81.9 cm³/mol. The van der Waals surface area contributed by atoms with Crippen LogP contribution in [0, 0.1) is 6.92 Å². The lowest BCUT2D eigenvalue weighted by Crippen LogP contribution is -2.28. The molecule has 3 rings (SSSR count). The molecule has 5 nitrogen and oxygen atoms in total. The predicted octanol–water partition coefficient (Wildman–Crippen LogP) is 2.38. The molecule has 2 aromatic rings. The standard InChI is InChI=1S/C16H20N4O/c1-11-4-3-5-13(18-11)10-19(2)16(21)15-8-12(17)9-20(15)14-6-7-14/h3-5,8-9,14H,6-7,10,17H2,1-2H3. The van der Waals surface area contributed by atoms with Gasteiger partial charge in [0.25, 0.3) is 5.91 Å². The average molecular weight is 284 g/mol. The molecular weight excluding hydrogens is 264 g/mol. The zero-order valence-corrected chi connectivity index (χ0v) is 12.4. The largest absolute Gasteiger partial charge is 0.397 e. The lowest BCUT2D eigenvalue weighted by Gasteiger charge is -2.18. The lowest BCUT2D eigenvalue weighted by molar-refractivity contribution is 0.0772. The highest BCUT2D eigenvalue weighted by Crippen LogP contribution is 2.37. The van der Waals surface area contributed by atoms with Gasteiger partial charge in [-0.2, -0.15) is 0 Å². The van der Waals surface area contributed by atoms with Crippen LogP contribution in [0.4, 0.5) is 5.69 Å². The molecule has 110 valence electrons. The Hall–Kier alpha value is -2.30. The van der Waals surface area contributed by atoms with Crippen molar-refractivity contribution in [2.24, 2.45) is 0 Å². The normalized spacial score (nSPS) is 14.2. The Morgan fingerprint density at radius 2 is 2.24 bits per heavy atom. The Balaban J connectivity index is 1.78. The van der Waals surface area contributed by atoms with Crippen LogP contribution in [0.25, 0.3) is 0 Å². The highest BCUT2D eigenvalue weighted by molar-refractivity contribution is 5.93. The van der Waals surface area contributed by atoms with E-state index in [0.29, 0.717) is 24.0 Å². The van der Waals surface area contributed by atoms with E-state index in [1.54, 1.807) is 18.0 Å². The molecule has 0 bridgehead atoms. The van der Waals surface area contributed by atoms with E-state index in [9.17, 15) is 4.79 Å². The van der Waals surface area contributed by atoms with E-state index in [1.807, 2.05) is 35.9 Å². The van der Waals surface area contributed by atoms with Gasteiger partial charge in [-0.15, -0.1) is 0 Å². The van der Waals surface area contributed by atoms with Crippen molar-refractivity contribution in [2.75, 3.05) is 12.8 Å². The molecule has 2 N–H and O–H groups in total. The van der Waals surface area contributed by atoms with Gasteiger partial charge in [-0.05, 0) is 38.0 Å². The van der Waals surface area contributed by atoms with Crippen molar-refractivity contribution in [3.63, 3.8) is 0 Å². The fourth-order valence-electron chi connectivity index (χ4n) is 2.52. The number of pyridine rings is 1. The Labute approximate surface area is 124 Å². The maximum atomic E-state index is 12.6. The van der Waals surface area contributed by atoms with Gasteiger partial charge in [-0.25, -0.2) is 0 Å². The molecule has 0 aliphatic heterocycles. The lowest BCUT2D eigenvalue weighted by atomic mass is 10.3. The molecule has 1 amide bonds. The van der Waals surface area contributed by atoms with Gasteiger partial charge < -0.3 is 15.2 Å². The van der Waals surface area contributed by atoms with Gasteiger partial charge in [0.2, 0.25) is 0 Å². The number of nitrogen functional groups attached to an aromatic ring is 1. The minimum Gasteiger partial charge on any atom is -0.397 e. The second-order valence-corrected chi connectivity index (χ2v) is 5.73. The third kappa shape index (κ3) is 2.91. The topological polar surface area (TPSA) is 64.2 Å². The molecule has 0 aromatic carbocycles. The molecule has 2 aromatic heterocycles. The smallest absolute Gasteiger partial charge is 0.270 e. The quantitative estimate of drug-likeness (QED) is 0.937. The molecule has 0 atom stereocenters. The molecule has 1 aliphatic rings. The zero-order valence-electron chi connectivity index (χ0n) is 12.4. The van der Waals surface area contributed by atoms with Crippen LogP contribution in [-0.2, 0) is 6.54 Å². The summed E-state index contributed by atoms with van der Waals surface area (Å²) in [7, 11) is 1.80. The third-order valence-electron chi connectivity index (χ3n) is 3.72. The van der Waals surface area contributed by atoms with Gasteiger partial charge in [-0.3, -0.25) is 9.78 Å². The second-order valence-electron chi connectivity index (χ2n) is 5.73. The third-order valence-corrected chi connectivity index (χ3v) is 3.72. The fourth-order valence-corrected chi connectivity index (χ4v) is 2.52. The van der Waals surface area contributed by atoms with Crippen LogP contribution in [0.1, 0.15) is 40.8 Å². The number of aryl methyl sites for hydroxylation is 1. The number of carbonyl (C=O) groups is 1. The minimum atomic E-state index is -0.0121. The number of rotatable bonds is 4. The van der Waals surface area contributed by atoms with Crippen molar-refractivity contribution in [3.8, 4) is 0 Å². The van der Waals surface area contributed by atoms with Crippen LogP contribution in [0.15, 0.2) is 30.5 Å². The van der Waals surface area contributed by atoms with E-state index >= 15 is 0 Å². The molecule has 0 saturated heterocycles. The molecule has 21 heavy (non-hydrogen) atoms. The number of carbonyl (C=O) groups excluding carboxylic acids is 1. The Bertz CT molecular complexity index is 673. The van der Waals surface area contributed by atoms with E-state index in [4.69, 9.17) is 5.73 Å². The molecule has 0 spiro atoms. The number of hydrogen-bond acceptors (Lipinski definition) is 3. The minimum absolute atomic E-state index is 0.0121. The number of nitrogens with two attached hydrogens (primary N) is 1. The Morgan fingerprint density at radius 1 is 1.48 bits per heavy atom. The first kappa shape index (κ1) is 13.7. The molecule has 0 unspecified atom stereocenters. The second kappa shape index (κ2) is 5.24. The number of anilines is 1. The number of aromatic nitrogens is 2. The first-order valence-corrected chi connectivity index (χ1v) is 7.20. The molecule has 1 saturated carbocycles. The van der Waals surface area contributed by atoms with E-state index in [0.717, 1.165) is 24.2 Å². The van der Waals surface area contributed by atoms with Crippen LogP contribution in [0.3, 0.4) is 0 Å². The van der Waals surface area contributed by atoms with Crippen LogP contribution in [-0.4, -0.2) is 27.4 Å². The SMILES string of the molecule is Cc1cccc(CN(C)C(=O)c2cc(N)cn2C2CC2)n1. The van der Waals surface area contributed by atoms with Gasteiger partial charge in [0.15, 0.2) is 0 Å². The molecule has 2 heterocycles. The van der Waals surface area contributed by atoms with Gasteiger partial charge >= 0.3 is 0 Å². The van der Waals surface area contributed by atoms with Crippen LogP contribution >= 0.6 is 0 Å². The summed E-state index contributed by atoms with van der Waals surface area (Å²) < 4.78 is 2.01.